The predicted octanol–water partition coefficient (Wildman–Crippen LogP) is 3.14. The molecule has 6 heteroatoms. The Morgan fingerprint density at radius 3 is 2.59 bits per heavy atom. The minimum Gasteiger partial charge on any atom is -0.494 e. The molecule has 0 atom stereocenters. The zero-order valence-corrected chi connectivity index (χ0v) is 14.6. The molecule has 0 fully saturated rings. The predicted molar refractivity (Wildman–Crippen MR) is 104 cm³/mol. The topological polar surface area (TPSA) is 80.1 Å². The van der Waals surface area contributed by atoms with Crippen LogP contribution in [0.1, 0.15) is 6.42 Å². The fraction of sp³-hybridized carbons (Fsp3) is 0.143. The number of benzene rings is 2. The molecule has 0 aliphatic carbocycles. The molecule has 0 bridgehead atoms. The van der Waals surface area contributed by atoms with E-state index in [0.29, 0.717) is 24.1 Å². The first-order valence-electron chi connectivity index (χ1n) is 8.76. The molecule has 0 spiro atoms. The molecule has 0 radical (unpaired) electrons. The number of hydrogen-bond donors (Lipinski definition) is 2. The fourth-order valence-corrected chi connectivity index (χ4v) is 3.06. The van der Waals surface area contributed by atoms with E-state index < -0.39 is 0 Å². The number of nitrogens with one attached hydrogen (secondary N) is 1. The first-order valence-corrected chi connectivity index (χ1v) is 8.76. The second-order valence-corrected chi connectivity index (χ2v) is 6.13. The smallest absolute Gasteiger partial charge is 0.260 e. The van der Waals surface area contributed by atoms with Crippen LogP contribution in [0.2, 0.25) is 0 Å². The van der Waals surface area contributed by atoms with E-state index in [2.05, 4.69) is 9.97 Å². The lowest BCUT2D eigenvalue weighted by Gasteiger charge is -2.06. The van der Waals surface area contributed by atoms with Crippen LogP contribution in [-0.4, -0.2) is 32.9 Å². The van der Waals surface area contributed by atoms with Gasteiger partial charge in [0.05, 0.1) is 18.3 Å². The van der Waals surface area contributed by atoms with Crippen molar-refractivity contribution < 1.29 is 9.84 Å². The number of aromatic amines is 1. The van der Waals surface area contributed by atoms with Gasteiger partial charge in [-0.1, -0.05) is 30.3 Å². The average Bonchev–Trinajstić information content (AvgIpc) is 3.10. The molecule has 2 N–H and O–H groups in total. The number of H-pyrrole nitrogens is 1. The van der Waals surface area contributed by atoms with Gasteiger partial charge in [0.1, 0.15) is 5.75 Å². The third kappa shape index (κ3) is 3.35. The number of rotatable bonds is 6. The largest absolute Gasteiger partial charge is 0.494 e. The van der Waals surface area contributed by atoms with Crippen LogP contribution in [0.3, 0.4) is 0 Å². The lowest BCUT2D eigenvalue weighted by Crippen LogP contribution is -2.07. The normalized spacial score (nSPS) is 11.0. The third-order valence-electron chi connectivity index (χ3n) is 4.36. The summed E-state index contributed by atoms with van der Waals surface area (Å²) in [6.07, 6.45) is 3.95. The second-order valence-electron chi connectivity index (χ2n) is 6.13. The number of nitrogens with zero attached hydrogens (tertiary/aromatic N) is 2. The summed E-state index contributed by atoms with van der Waals surface area (Å²) in [5.41, 5.74) is 3.10. The SMILES string of the molecule is O=c1[nH]cnc2c1c(-c1ccc(OCCCO)cc1)cn2-c1ccccc1. The number of aliphatic hydroxyl groups excluding tert-OH is 1. The molecular weight excluding hydrogens is 342 g/mol. The molecule has 4 rings (SSSR count). The Morgan fingerprint density at radius 1 is 1.07 bits per heavy atom. The van der Waals surface area contributed by atoms with Gasteiger partial charge in [-0.15, -0.1) is 0 Å². The molecule has 136 valence electrons. The van der Waals surface area contributed by atoms with Crippen molar-refractivity contribution >= 4 is 11.0 Å². The molecule has 2 aromatic heterocycles. The summed E-state index contributed by atoms with van der Waals surface area (Å²) in [6.45, 7) is 0.569. The summed E-state index contributed by atoms with van der Waals surface area (Å²) in [5, 5.41) is 9.39. The van der Waals surface area contributed by atoms with Crippen molar-refractivity contribution in [3.63, 3.8) is 0 Å². The molecule has 2 heterocycles. The molecule has 4 aromatic rings. The number of fused-ring (bicyclic) bond motifs is 1. The summed E-state index contributed by atoms with van der Waals surface area (Å²) in [7, 11) is 0. The van der Waals surface area contributed by atoms with Crippen molar-refractivity contribution in [3.8, 4) is 22.6 Å². The van der Waals surface area contributed by atoms with Crippen LogP contribution in [-0.2, 0) is 0 Å². The summed E-state index contributed by atoms with van der Waals surface area (Å²) in [5.74, 6) is 0.728. The molecule has 0 aliphatic rings. The molecule has 0 aliphatic heterocycles. The van der Waals surface area contributed by atoms with Gasteiger partial charge in [-0.05, 0) is 29.8 Å². The minimum absolute atomic E-state index is 0.104. The zero-order chi connectivity index (χ0) is 18.6. The maximum atomic E-state index is 12.5. The molecule has 0 saturated carbocycles. The van der Waals surface area contributed by atoms with Crippen LogP contribution in [0, 0.1) is 0 Å². The lowest BCUT2D eigenvalue weighted by molar-refractivity contribution is 0.233. The van der Waals surface area contributed by atoms with Crippen LogP contribution < -0.4 is 10.3 Å². The van der Waals surface area contributed by atoms with Gasteiger partial charge in [0.2, 0.25) is 0 Å². The molecule has 0 saturated heterocycles. The van der Waals surface area contributed by atoms with Crippen LogP contribution >= 0.6 is 0 Å². The lowest BCUT2D eigenvalue weighted by atomic mass is 10.1. The highest BCUT2D eigenvalue weighted by atomic mass is 16.5. The average molecular weight is 361 g/mol. The van der Waals surface area contributed by atoms with E-state index in [9.17, 15) is 4.79 Å². The number of ether oxygens (including phenoxy) is 1. The molecular formula is C21H19N3O3. The van der Waals surface area contributed by atoms with Crippen LogP contribution in [0.15, 0.2) is 71.9 Å². The van der Waals surface area contributed by atoms with E-state index in [1.807, 2.05) is 65.4 Å². The summed E-state index contributed by atoms with van der Waals surface area (Å²) in [6, 6.07) is 17.4. The van der Waals surface area contributed by atoms with Gasteiger partial charge in [0.15, 0.2) is 5.65 Å². The Bertz CT molecular complexity index is 1100. The van der Waals surface area contributed by atoms with E-state index in [1.165, 1.54) is 6.33 Å². The fourth-order valence-electron chi connectivity index (χ4n) is 3.06. The first-order chi connectivity index (χ1) is 13.3. The van der Waals surface area contributed by atoms with Gasteiger partial charge in [-0.25, -0.2) is 4.98 Å². The van der Waals surface area contributed by atoms with Crippen LogP contribution in [0.25, 0.3) is 27.8 Å². The molecule has 27 heavy (non-hydrogen) atoms. The van der Waals surface area contributed by atoms with Gasteiger partial charge < -0.3 is 19.4 Å². The number of hydrogen-bond acceptors (Lipinski definition) is 4. The summed E-state index contributed by atoms with van der Waals surface area (Å²) < 4.78 is 7.50. The van der Waals surface area contributed by atoms with Crippen molar-refractivity contribution in [2.75, 3.05) is 13.2 Å². The van der Waals surface area contributed by atoms with E-state index in [-0.39, 0.29) is 12.2 Å². The van der Waals surface area contributed by atoms with Gasteiger partial charge in [-0.3, -0.25) is 4.79 Å². The Balaban J connectivity index is 1.79. The highest BCUT2D eigenvalue weighted by Crippen LogP contribution is 2.30. The van der Waals surface area contributed by atoms with Gasteiger partial charge in [0.25, 0.3) is 5.56 Å². The maximum absolute atomic E-state index is 12.5. The maximum Gasteiger partial charge on any atom is 0.260 e. The van der Waals surface area contributed by atoms with Crippen molar-refractivity contribution in [3.05, 3.63) is 77.5 Å². The van der Waals surface area contributed by atoms with E-state index >= 15 is 0 Å². The van der Waals surface area contributed by atoms with Crippen molar-refractivity contribution in [2.45, 2.75) is 6.42 Å². The quantitative estimate of drug-likeness (QED) is 0.517. The van der Waals surface area contributed by atoms with E-state index in [0.717, 1.165) is 22.6 Å². The Labute approximate surface area is 155 Å². The van der Waals surface area contributed by atoms with E-state index in [4.69, 9.17) is 9.84 Å². The first kappa shape index (κ1) is 17.1. The summed E-state index contributed by atoms with van der Waals surface area (Å²) >= 11 is 0. The van der Waals surface area contributed by atoms with Gasteiger partial charge >= 0.3 is 0 Å². The third-order valence-corrected chi connectivity index (χ3v) is 4.36. The van der Waals surface area contributed by atoms with Crippen LogP contribution in [0.4, 0.5) is 0 Å². The zero-order valence-electron chi connectivity index (χ0n) is 14.6. The van der Waals surface area contributed by atoms with Gasteiger partial charge in [0, 0.05) is 30.5 Å². The number of aliphatic hydroxyl groups is 1. The second kappa shape index (κ2) is 7.47. The highest BCUT2D eigenvalue weighted by Gasteiger charge is 2.15. The van der Waals surface area contributed by atoms with Crippen molar-refractivity contribution in [1.82, 2.24) is 14.5 Å². The van der Waals surface area contributed by atoms with Crippen molar-refractivity contribution in [1.29, 1.82) is 0 Å². The number of aromatic nitrogens is 3. The van der Waals surface area contributed by atoms with Crippen LogP contribution in [0.5, 0.6) is 5.75 Å². The Morgan fingerprint density at radius 2 is 1.85 bits per heavy atom. The monoisotopic (exact) mass is 361 g/mol. The standard InChI is InChI=1S/C21H19N3O3/c25-11-4-12-27-17-9-7-15(8-10-17)18-13-24(16-5-2-1-3-6-16)20-19(18)21(26)23-14-22-20/h1-3,5-10,13-14,25H,4,11-12H2,(H,22,23,26). The summed E-state index contributed by atoms with van der Waals surface area (Å²) in [4.78, 5) is 19.6. The molecule has 6 nitrogen and oxygen atoms in total. The number of para-hydroxylation sites is 1. The minimum atomic E-state index is -0.173. The van der Waals surface area contributed by atoms with E-state index in [1.54, 1.807) is 0 Å². The van der Waals surface area contributed by atoms with Crippen molar-refractivity contribution in [2.24, 2.45) is 0 Å². The molecule has 0 unspecified atom stereocenters. The highest BCUT2D eigenvalue weighted by molar-refractivity contribution is 5.94. The Hall–Kier alpha value is -3.38. The molecule has 0 amide bonds. The Kier molecular flexibility index (Phi) is 4.72. The van der Waals surface area contributed by atoms with Gasteiger partial charge in [-0.2, -0.15) is 0 Å². The molecule has 2 aromatic carbocycles.